The first-order valence-electron chi connectivity index (χ1n) is 6.97. The van der Waals surface area contributed by atoms with Crippen molar-refractivity contribution < 1.29 is 0 Å². The van der Waals surface area contributed by atoms with Gasteiger partial charge in [0.2, 0.25) is 0 Å². The van der Waals surface area contributed by atoms with Crippen molar-refractivity contribution in [2.75, 3.05) is 11.5 Å². The van der Waals surface area contributed by atoms with Crippen molar-refractivity contribution >= 4 is 17.0 Å². The minimum Gasteiger partial charge on any atom is -0.399 e. The highest BCUT2D eigenvalue weighted by Crippen LogP contribution is 2.31. The fourth-order valence-corrected chi connectivity index (χ4v) is 2.50. The number of rotatable bonds is 4. The molecule has 21 heavy (non-hydrogen) atoms. The third kappa shape index (κ3) is 2.42. The molecule has 0 saturated carbocycles. The maximum Gasteiger partial charge on any atom is 0.151 e. The number of nitrogens with two attached hydrogens (primary N) is 2. The summed E-state index contributed by atoms with van der Waals surface area (Å²) in [5, 5.41) is 4.34. The molecule has 2 aromatic heterocycles. The molecule has 0 fully saturated rings. The van der Waals surface area contributed by atoms with E-state index in [0.717, 1.165) is 47.3 Å². The van der Waals surface area contributed by atoms with Gasteiger partial charge in [-0.3, -0.25) is 0 Å². The van der Waals surface area contributed by atoms with Crippen LogP contribution in [-0.4, -0.2) is 14.6 Å². The number of nitrogen functional groups attached to an aromatic ring is 2. The van der Waals surface area contributed by atoms with Crippen molar-refractivity contribution in [1.29, 1.82) is 0 Å². The van der Waals surface area contributed by atoms with Crippen molar-refractivity contribution in [3.63, 3.8) is 0 Å². The van der Waals surface area contributed by atoms with E-state index in [-0.39, 0.29) is 0 Å². The maximum atomic E-state index is 6.06. The average molecular weight is 280 g/mol. The smallest absolute Gasteiger partial charge is 0.151 e. The Morgan fingerprint density at radius 1 is 1.14 bits per heavy atom. The molecule has 1 radical (unpaired) electrons. The highest BCUT2D eigenvalue weighted by molar-refractivity contribution is 5.88. The number of aryl methyl sites for hydroxylation is 1. The van der Waals surface area contributed by atoms with Crippen molar-refractivity contribution in [3.8, 4) is 11.1 Å². The van der Waals surface area contributed by atoms with Crippen LogP contribution in [0.15, 0.2) is 36.7 Å². The molecule has 0 spiro atoms. The van der Waals surface area contributed by atoms with E-state index in [4.69, 9.17) is 11.5 Å². The fourth-order valence-electron chi connectivity index (χ4n) is 2.50. The Bertz CT molecular complexity index is 758. The normalized spacial score (nSPS) is 11.1. The van der Waals surface area contributed by atoms with Gasteiger partial charge in [-0.2, -0.15) is 5.10 Å². The van der Waals surface area contributed by atoms with Gasteiger partial charge in [-0.15, -0.1) is 0 Å². The quantitative estimate of drug-likeness (QED) is 0.720. The number of aromatic nitrogens is 3. The largest absolute Gasteiger partial charge is 0.399 e. The van der Waals surface area contributed by atoms with Gasteiger partial charge in [-0.1, -0.05) is 25.5 Å². The van der Waals surface area contributed by atoms with E-state index < -0.39 is 0 Å². The Balaban J connectivity index is 2.19. The van der Waals surface area contributed by atoms with Crippen LogP contribution in [0.2, 0.25) is 0 Å². The Morgan fingerprint density at radius 3 is 2.62 bits per heavy atom. The summed E-state index contributed by atoms with van der Waals surface area (Å²) in [5.41, 5.74) is 16.6. The van der Waals surface area contributed by atoms with Crippen LogP contribution in [0.25, 0.3) is 16.6 Å². The first-order chi connectivity index (χ1) is 10.2. The number of nitrogens with zero attached hydrogens (tertiary/aromatic N) is 3. The van der Waals surface area contributed by atoms with Crippen molar-refractivity contribution in [1.82, 2.24) is 14.6 Å². The summed E-state index contributed by atoms with van der Waals surface area (Å²) in [7, 11) is 0. The van der Waals surface area contributed by atoms with Crippen LogP contribution in [0.5, 0.6) is 0 Å². The number of unbranched alkanes of at least 4 members (excludes halogenated alkanes) is 1. The molecule has 2 heterocycles. The molecule has 0 saturated heterocycles. The molecule has 0 amide bonds. The van der Waals surface area contributed by atoms with E-state index >= 15 is 0 Å². The molecule has 0 bridgehead atoms. The van der Waals surface area contributed by atoms with Crippen molar-refractivity contribution in [3.05, 3.63) is 49.3 Å². The molecule has 3 aromatic rings. The second-order valence-electron chi connectivity index (χ2n) is 5.03. The van der Waals surface area contributed by atoms with Crippen LogP contribution in [0.4, 0.5) is 11.5 Å². The van der Waals surface area contributed by atoms with Gasteiger partial charge in [0.15, 0.2) is 5.82 Å². The molecular weight excluding hydrogens is 262 g/mol. The third-order valence-corrected chi connectivity index (χ3v) is 3.56. The lowest BCUT2D eigenvalue weighted by Crippen LogP contribution is -2.02. The number of fused-ring (bicyclic) bond motifs is 1. The second-order valence-corrected chi connectivity index (χ2v) is 5.03. The van der Waals surface area contributed by atoms with Gasteiger partial charge in [0, 0.05) is 16.9 Å². The van der Waals surface area contributed by atoms with E-state index in [2.05, 4.69) is 23.1 Å². The van der Waals surface area contributed by atoms with E-state index in [1.54, 1.807) is 0 Å². The number of anilines is 2. The number of benzene rings is 1. The van der Waals surface area contributed by atoms with Crippen LogP contribution >= 0.6 is 0 Å². The summed E-state index contributed by atoms with van der Waals surface area (Å²) in [4.78, 5) is 4.11. The molecule has 0 unspecified atom stereocenters. The molecule has 0 aliphatic heterocycles. The first-order valence-corrected chi connectivity index (χ1v) is 6.97. The molecule has 0 aliphatic rings. The van der Waals surface area contributed by atoms with E-state index in [1.807, 2.05) is 28.8 Å². The third-order valence-electron chi connectivity index (χ3n) is 3.56. The lowest BCUT2D eigenvalue weighted by atomic mass is 10.1. The highest BCUT2D eigenvalue weighted by Gasteiger charge is 2.14. The van der Waals surface area contributed by atoms with E-state index in [9.17, 15) is 0 Å². The SMILES string of the molecule is [CH2]CCCc1cc(-c2ccc(N)cc2)c2c(N)ncnn12. The Hall–Kier alpha value is -2.56. The monoisotopic (exact) mass is 280 g/mol. The minimum absolute atomic E-state index is 0.484. The average Bonchev–Trinajstić information content (AvgIpc) is 2.86. The Kier molecular flexibility index (Phi) is 3.48. The zero-order chi connectivity index (χ0) is 14.8. The summed E-state index contributed by atoms with van der Waals surface area (Å²) in [6, 6.07) is 9.87. The Labute approximate surface area is 123 Å². The van der Waals surface area contributed by atoms with Gasteiger partial charge in [0.25, 0.3) is 0 Å². The topological polar surface area (TPSA) is 82.2 Å². The standard InChI is InChI=1S/C16H18N5/c1-2-3-4-13-9-14(11-5-7-12(17)8-6-11)15-16(18)19-10-20-21(13)15/h5-10H,1-4,17H2,(H2,18,19,20). The van der Waals surface area contributed by atoms with Gasteiger partial charge in [-0.05, 0) is 36.6 Å². The lowest BCUT2D eigenvalue weighted by Gasteiger charge is -2.03. The van der Waals surface area contributed by atoms with Crippen LogP contribution in [0.1, 0.15) is 18.5 Å². The summed E-state index contributed by atoms with van der Waals surface area (Å²) in [6.45, 7) is 3.89. The molecule has 4 N–H and O–H groups in total. The van der Waals surface area contributed by atoms with Crippen molar-refractivity contribution in [2.24, 2.45) is 0 Å². The lowest BCUT2D eigenvalue weighted by molar-refractivity contribution is 0.764. The van der Waals surface area contributed by atoms with Gasteiger partial charge in [0.1, 0.15) is 11.8 Å². The predicted octanol–water partition coefficient (Wildman–Crippen LogP) is 2.72. The first kappa shape index (κ1) is 13.4. The zero-order valence-electron chi connectivity index (χ0n) is 11.8. The van der Waals surface area contributed by atoms with Gasteiger partial charge >= 0.3 is 0 Å². The van der Waals surface area contributed by atoms with E-state index in [1.165, 1.54) is 6.33 Å². The molecule has 5 heteroatoms. The minimum atomic E-state index is 0.484. The van der Waals surface area contributed by atoms with Gasteiger partial charge in [-0.25, -0.2) is 9.50 Å². The molecule has 0 aliphatic carbocycles. The summed E-state index contributed by atoms with van der Waals surface area (Å²) in [5.74, 6) is 0.484. The molecular formula is C16H18N5. The van der Waals surface area contributed by atoms with Crippen LogP contribution in [0.3, 0.4) is 0 Å². The molecule has 1 aromatic carbocycles. The number of hydrogen-bond donors (Lipinski definition) is 2. The van der Waals surface area contributed by atoms with Gasteiger partial charge in [0.05, 0.1) is 0 Å². The summed E-state index contributed by atoms with van der Waals surface area (Å²) in [6.07, 6.45) is 4.31. The number of hydrogen-bond acceptors (Lipinski definition) is 4. The maximum absolute atomic E-state index is 6.06. The predicted molar refractivity (Wildman–Crippen MR) is 85.5 cm³/mol. The highest BCUT2D eigenvalue weighted by atomic mass is 15.3. The van der Waals surface area contributed by atoms with Crippen LogP contribution in [0, 0.1) is 6.92 Å². The second kappa shape index (κ2) is 5.44. The van der Waals surface area contributed by atoms with E-state index in [0.29, 0.717) is 5.82 Å². The summed E-state index contributed by atoms with van der Waals surface area (Å²) >= 11 is 0. The van der Waals surface area contributed by atoms with Crippen LogP contribution in [-0.2, 0) is 6.42 Å². The zero-order valence-corrected chi connectivity index (χ0v) is 11.8. The molecule has 5 nitrogen and oxygen atoms in total. The van der Waals surface area contributed by atoms with Gasteiger partial charge < -0.3 is 11.5 Å². The summed E-state index contributed by atoms with van der Waals surface area (Å²) < 4.78 is 1.88. The molecule has 107 valence electrons. The molecule has 3 rings (SSSR count). The van der Waals surface area contributed by atoms with Crippen molar-refractivity contribution in [2.45, 2.75) is 19.3 Å². The molecule has 0 atom stereocenters. The van der Waals surface area contributed by atoms with Crippen LogP contribution < -0.4 is 11.5 Å². The Morgan fingerprint density at radius 2 is 1.90 bits per heavy atom. The fraction of sp³-hybridized carbons (Fsp3) is 0.188.